The average molecular weight is 502 g/mol. The molecule has 0 radical (unpaired) electrons. The van der Waals surface area contributed by atoms with E-state index in [9.17, 15) is 9.70 Å². The van der Waals surface area contributed by atoms with Gasteiger partial charge < -0.3 is 14.4 Å². The molecule has 0 unspecified atom stereocenters. The Bertz CT molecular complexity index is 1250. The van der Waals surface area contributed by atoms with E-state index in [-0.39, 0.29) is 5.78 Å². The highest BCUT2D eigenvalue weighted by Gasteiger charge is 2.42. The standard InChI is InChI=1S/C30H39N5O2/c1-4-5-27(36)24-8-6-23(7-9-24)20-35-16-11-25-26(10-15-31-28(25)35)34-18-13-30(14-19-34)12-17-33(22-30)21-29(2,3)32-37/h6-11,15-16H,4-5,12-14,17-22H2,1-3H3. The van der Waals surface area contributed by atoms with Crippen molar-refractivity contribution >= 4 is 22.5 Å². The van der Waals surface area contributed by atoms with Crippen molar-refractivity contribution in [1.29, 1.82) is 0 Å². The van der Waals surface area contributed by atoms with Gasteiger partial charge in [0.15, 0.2) is 5.78 Å². The summed E-state index contributed by atoms with van der Waals surface area (Å²) in [4.78, 5) is 33.0. The van der Waals surface area contributed by atoms with Crippen molar-refractivity contribution in [3.05, 3.63) is 64.8 Å². The molecule has 5 rings (SSSR count). The van der Waals surface area contributed by atoms with Gasteiger partial charge in [-0.1, -0.05) is 36.4 Å². The molecule has 0 amide bonds. The second-order valence-electron chi connectivity index (χ2n) is 11.7. The van der Waals surface area contributed by atoms with Gasteiger partial charge in [0.05, 0.1) is 0 Å². The molecule has 7 nitrogen and oxygen atoms in total. The SMILES string of the molecule is CCCC(=O)c1ccc(Cn2ccc3c(N4CCC5(CCN(CC(C)(C)N=O)C5)CC4)ccnc32)cc1. The topological polar surface area (TPSA) is 70.8 Å². The number of Topliss-reactive ketones (excluding diaryl/α,β-unsaturated/α-hetero) is 1. The molecule has 2 aliphatic heterocycles. The molecular weight excluding hydrogens is 462 g/mol. The Morgan fingerprint density at radius 1 is 1.05 bits per heavy atom. The quantitative estimate of drug-likeness (QED) is 0.269. The van der Waals surface area contributed by atoms with Crippen molar-refractivity contribution in [2.75, 3.05) is 37.6 Å². The van der Waals surface area contributed by atoms with Crippen LogP contribution in [0.5, 0.6) is 0 Å². The number of nitroso groups, excluding NO2 is 1. The van der Waals surface area contributed by atoms with Crippen LogP contribution in [0, 0.1) is 10.3 Å². The van der Waals surface area contributed by atoms with Crippen molar-refractivity contribution in [3.63, 3.8) is 0 Å². The third-order valence-corrected chi connectivity index (χ3v) is 8.29. The number of hydrogen-bond donors (Lipinski definition) is 0. The molecule has 2 fully saturated rings. The number of piperidine rings is 1. The Labute approximate surface area is 219 Å². The fourth-order valence-corrected chi connectivity index (χ4v) is 6.21. The average Bonchev–Trinajstić information content (AvgIpc) is 3.49. The summed E-state index contributed by atoms with van der Waals surface area (Å²) in [6.07, 6.45) is 9.08. The highest BCUT2D eigenvalue weighted by Crippen LogP contribution is 2.42. The first kappa shape index (κ1) is 25.6. The van der Waals surface area contributed by atoms with E-state index in [1.54, 1.807) is 0 Å². The minimum absolute atomic E-state index is 0.210. The van der Waals surface area contributed by atoms with Crippen molar-refractivity contribution in [3.8, 4) is 0 Å². The number of aromatic nitrogens is 2. The molecular formula is C30H39N5O2. The molecule has 7 heteroatoms. The summed E-state index contributed by atoms with van der Waals surface area (Å²) < 4.78 is 2.20. The predicted molar refractivity (Wildman–Crippen MR) is 149 cm³/mol. The van der Waals surface area contributed by atoms with E-state index in [0.717, 1.165) is 62.5 Å². The molecule has 0 aliphatic carbocycles. The van der Waals surface area contributed by atoms with Crippen LogP contribution in [0.15, 0.2) is 54.0 Å². The van der Waals surface area contributed by atoms with Crippen LogP contribution in [0.3, 0.4) is 0 Å². The minimum atomic E-state index is -0.517. The number of benzene rings is 1. The van der Waals surface area contributed by atoms with Crippen LogP contribution in [-0.4, -0.2) is 58.5 Å². The summed E-state index contributed by atoms with van der Waals surface area (Å²) in [7, 11) is 0. The second-order valence-corrected chi connectivity index (χ2v) is 11.7. The van der Waals surface area contributed by atoms with Gasteiger partial charge in [0, 0.05) is 68.2 Å². The molecule has 37 heavy (non-hydrogen) atoms. The van der Waals surface area contributed by atoms with Crippen LogP contribution in [-0.2, 0) is 6.54 Å². The number of hydrogen-bond acceptors (Lipinski definition) is 6. The highest BCUT2D eigenvalue weighted by atomic mass is 16.3. The molecule has 1 spiro atoms. The fraction of sp³-hybridized carbons (Fsp3) is 0.533. The largest absolute Gasteiger partial charge is 0.371 e. The van der Waals surface area contributed by atoms with Crippen LogP contribution in [0.25, 0.3) is 11.0 Å². The van der Waals surface area contributed by atoms with E-state index in [4.69, 9.17) is 4.98 Å². The van der Waals surface area contributed by atoms with E-state index in [0.29, 0.717) is 11.8 Å². The fourth-order valence-electron chi connectivity index (χ4n) is 6.21. The Morgan fingerprint density at radius 3 is 2.49 bits per heavy atom. The molecule has 0 N–H and O–H groups in total. The molecule has 0 atom stereocenters. The second kappa shape index (κ2) is 10.4. The zero-order valence-corrected chi connectivity index (χ0v) is 22.4. The lowest BCUT2D eigenvalue weighted by Gasteiger charge is -2.41. The Kier molecular flexibility index (Phi) is 7.17. The van der Waals surface area contributed by atoms with Gasteiger partial charge in [0.25, 0.3) is 0 Å². The van der Waals surface area contributed by atoms with Crippen molar-refractivity contribution in [2.45, 2.75) is 65.0 Å². The molecule has 1 aromatic carbocycles. The summed E-state index contributed by atoms with van der Waals surface area (Å²) >= 11 is 0. The number of ketones is 1. The lowest BCUT2D eigenvalue weighted by molar-refractivity contribution is 0.0981. The zero-order valence-electron chi connectivity index (χ0n) is 22.4. The van der Waals surface area contributed by atoms with E-state index >= 15 is 0 Å². The summed E-state index contributed by atoms with van der Waals surface area (Å²) in [5.41, 5.74) is 4.06. The maximum absolute atomic E-state index is 12.2. The first-order valence-corrected chi connectivity index (χ1v) is 13.7. The molecule has 0 saturated carbocycles. The maximum Gasteiger partial charge on any atom is 0.162 e. The number of likely N-dealkylation sites (tertiary alicyclic amines) is 1. The third kappa shape index (κ3) is 5.47. The van der Waals surface area contributed by atoms with Gasteiger partial charge in [-0.3, -0.25) is 4.79 Å². The van der Waals surface area contributed by atoms with Crippen molar-refractivity contribution in [2.24, 2.45) is 10.6 Å². The van der Waals surface area contributed by atoms with Crippen molar-refractivity contribution < 1.29 is 4.79 Å². The summed E-state index contributed by atoms with van der Waals surface area (Å²) in [5.74, 6) is 0.210. The summed E-state index contributed by atoms with van der Waals surface area (Å²) in [6, 6.07) is 12.3. The van der Waals surface area contributed by atoms with Gasteiger partial charge in [0.2, 0.25) is 0 Å². The van der Waals surface area contributed by atoms with Crippen LogP contribution >= 0.6 is 0 Å². The Balaban J connectivity index is 1.25. The molecule has 2 aliphatic rings. The normalized spacial score (nSPS) is 18.1. The number of pyridine rings is 1. The Morgan fingerprint density at radius 2 is 1.78 bits per heavy atom. The molecule has 4 heterocycles. The van der Waals surface area contributed by atoms with Gasteiger partial charge in [-0.15, -0.1) is 0 Å². The van der Waals surface area contributed by atoms with Gasteiger partial charge in [-0.25, -0.2) is 4.98 Å². The van der Waals surface area contributed by atoms with E-state index in [1.807, 2.05) is 39.1 Å². The van der Waals surface area contributed by atoms with Gasteiger partial charge in [-0.2, -0.15) is 4.91 Å². The number of carbonyl (C=O) groups excluding carboxylic acids is 1. The van der Waals surface area contributed by atoms with E-state index in [2.05, 4.69) is 50.0 Å². The molecule has 3 aromatic rings. The van der Waals surface area contributed by atoms with Gasteiger partial charge in [0.1, 0.15) is 11.2 Å². The molecule has 2 saturated heterocycles. The first-order valence-electron chi connectivity index (χ1n) is 13.7. The predicted octanol–water partition coefficient (Wildman–Crippen LogP) is 5.90. The minimum Gasteiger partial charge on any atom is -0.371 e. The lowest BCUT2D eigenvalue weighted by atomic mass is 9.77. The molecule has 0 bridgehead atoms. The number of rotatable bonds is 9. The number of fused-ring (bicyclic) bond motifs is 1. The molecule has 2 aromatic heterocycles. The lowest BCUT2D eigenvalue weighted by Crippen LogP contribution is -2.43. The van der Waals surface area contributed by atoms with Crippen LogP contribution in [0.1, 0.15) is 68.8 Å². The maximum atomic E-state index is 12.2. The third-order valence-electron chi connectivity index (χ3n) is 8.29. The zero-order chi connectivity index (χ0) is 26.0. The summed E-state index contributed by atoms with van der Waals surface area (Å²) in [6.45, 7) is 11.6. The smallest absolute Gasteiger partial charge is 0.162 e. The number of anilines is 1. The molecule has 196 valence electrons. The van der Waals surface area contributed by atoms with Gasteiger partial charge >= 0.3 is 0 Å². The number of nitrogens with zero attached hydrogens (tertiary/aromatic N) is 5. The first-order chi connectivity index (χ1) is 17.8. The number of carbonyl (C=O) groups is 1. The van der Waals surface area contributed by atoms with Gasteiger partial charge in [-0.05, 0) is 69.2 Å². The van der Waals surface area contributed by atoms with Crippen molar-refractivity contribution in [1.82, 2.24) is 14.5 Å². The van der Waals surface area contributed by atoms with Crippen LogP contribution < -0.4 is 4.90 Å². The summed E-state index contributed by atoms with van der Waals surface area (Å²) in [5, 5.41) is 4.52. The van der Waals surface area contributed by atoms with Crippen LogP contribution in [0.4, 0.5) is 5.69 Å². The monoisotopic (exact) mass is 501 g/mol. The highest BCUT2D eigenvalue weighted by molar-refractivity contribution is 5.96. The van der Waals surface area contributed by atoms with E-state index in [1.165, 1.54) is 30.3 Å². The van der Waals surface area contributed by atoms with E-state index < -0.39 is 5.54 Å². The Hall–Kier alpha value is -3.06. The van der Waals surface area contributed by atoms with Crippen LogP contribution in [0.2, 0.25) is 0 Å².